The van der Waals surface area contributed by atoms with Crippen molar-refractivity contribution in [3.8, 4) is 0 Å². The highest BCUT2D eigenvalue weighted by molar-refractivity contribution is 6.03. The summed E-state index contributed by atoms with van der Waals surface area (Å²) in [5.74, 6) is 1.59. The zero-order chi connectivity index (χ0) is 10.1. The van der Waals surface area contributed by atoms with Crippen LogP contribution in [0.5, 0.6) is 0 Å². The average molecular weight is 181 g/mol. The molecule has 1 rings (SSSR count). The Morgan fingerprint density at radius 2 is 1.92 bits per heavy atom. The minimum absolute atomic E-state index is 0.130. The van der Waals surface area contributed by atoms with Gasteiger partial charge in [0.05, 0.1) is 5.54 Å². The quantitative estimate of drug-likeness (QED) is 0.630. The Kier molecular flexibility index (Phi) is 3.15. The molecule has 2 atom stereocenters. The second-order valence-corrected chi connectivity index (χ2v) is 5.24. The summed E-state index contributed by atoms with van der Waals surface area (Å²) in [6.45, 7) is 11.1. The van der Waals surface area contributed by atoms with Gasteiger partial charge >= 0.3 is 0 Å². The van der Waals surface area contributed by atoms with Crippen LogP contribution in [0.4, 0.5) is 0 Å². The lowest BCUT2D eigenvalue weighted by Gasteiger charge is -2.10. The summed E-state index contributed by atoms with van der Waals surface area (Å²) < 4.78 is 0. The van der Waals surface area contributed by atoms with Gasteiger partial charge in [-0.05, 0) is 27.2 Å². The predicted octanol–water partition coefficient (Wildman–Crippen LogP) is 3.68. The predicted molar refractivity (Wildman–Crippen MR) is 59.4 cm³/mol. The van der Waals surface area contributed by atoms with E-state index in [-0.39, 0.29) is 5.54 Å². The van der Waals surface area contributed by atoms with Gasteiger partial charge in [-0.3, -0.25) is 4.99 Å². The first-order valence-electron chi connectivity index (χ1n) is 5.55. The summed E-state index contributed by atoms with van der Waals surface area (Å²) in [5.41, 5.74) is 1.60. The number of hydrogen-bond donors (Lipinski definition) is 0. The van der Waals surface area contributed by atoms with E-state index in [2.05, 4.69) is 34.6 Å². The molecular formula is C12H23N. The van der Waals surface area contributed by atoms with Gasteiger partial charge in [-0.15, -0.1) is 0 Å². The van der Waals surface area contributed by atoms with Gasteiger partial charge in [0.15, 0.2) is 0 Å². The Balaban J connectivity index is 2.43. The van der Waals surface area contributed by atoms with Crippen LogP contribution in [0.15, 0.2) is 4.99 Å². The van der Waals surface area contributed by atoms with E-state index in [1.165, 1.54) is 25.0 Å². The van der Waals surface area contributed by atoms with Crippen LogP contribution >= 0.6 is 0 Å². The molecule has 0 aliphatic heterocycles. The SMILES string of the molecule is CCCCC1C(=NC(C)(C)C)C1C. The van der Waals surface area contributed by atoms with Crippen LogP contribution < -0.4 is 0 Å². The van der Waals surface area contributed by atoms with Gasteiger partial charge in [0.1, 0.15) is 0 Å². The molecule has 2 unspecified atom stereocenters. The third-order valence-electron chi connectivity index (χ3n) is 2.67. The summed E-state index contributed by atoms with van der Waals surface area (Å²) in [5, 5.41) is 0. The lowest BCUT2D eigenvalue weighted by atomic mass is 10.1. The molecule has 0 aromatic heterocycles. The van der Waals surface area contributed by atoms with E-state index in [1.54, 1.807) is 0 Å². The summed E-state index contributed by atoms with van der Waals surface area (Å²) >= 11 is 0. The molecule has 0 radical (unpaired) electrons. The van der Waals surface area contributed by atoms with Crippen molar-refractivity contribution in [3.05, 3.63) is 0 Å². The highest BCUT2D eigenvalue weighted by atomic mass is 14.9. The number of unbranched alkanes of at least 4 members (excludes halogenated alkanes) is 1. The van der Waals surface area contributed by atoms with Crippen molar-refractivity contribution in [2.75, 3.05) is 0 Å². The highest BCUT2D eigenvalue weighted by Gasteiger charge is 2.41. The molecule has 0 saturated heterocycles. The second kappa shape index (κ2) is 3.81. The molecule has 0 heterocycles. The number of hydrogen-bond acceptors (Lipinski definition) is 1. The molecule has 1 aliphatic carbocycles. The Morgan fingerprint density at radius 1 is 1.31 bits per heavy atom. The Morgan fingerprint density at radius 3 is 2.38 bits per heavy atom. The fraction of sp³-hybridized carbons (Fsp3) is 0.917. The van der Waals surface area contributed by atoms with E-state index < -0.39 is 0 Å². The van der Waals surface area contributed by atoms with Crippen molar-refractivity contribution < 1.29 is 0 Å². The molecule has 1 nitrogen and oxygen atoms in total. The van der Waals surface area contributed by atoms with Crippen molar-refractivity contribution >= 4 is 5.71 Å². The Labute approximate surface area is 82.6 Å². The lowest BCUT2D eigenvalue weighted by Crippen LogP contribution is -2.10. The van der Waals surface area contributed by atoms with Crippen LogP contribution in [0.25, 0.3) is 0 Å². The molecule has 1 aliphatic rings. The van der Waals surface area contributed by atoms with Crippen LogP contribution in [0, 0.1) is 11.8 Å². The maximum absolute atomic E-state index is 4.75. The monoisotopic (exact) mass is 181 g/mol. The molecular weight excluding hydrogens is 158 g/mol. The summed E-state index contributed by atoms with van der Waals surface area (Å²) in [7, 11) is 0. The van der Waals surface area contributed by atoms with Crippen LogP contribution in [0.3, 0.4) is 0 Å². The molecule has 0 aromatic rings. The van der Waals surface area contributed by atoms with E-state index >= 15 is 0 Å². The fourth-order valence-corrected chi connectivity index (χ4v) is 1.84. The van der Waals surface area contributed by atoms with Crippen molar-refractivity contribution in [1.29, 1.82) is 0 Å². The molecule has 0 aromatic carbocycles. The Hall–Kier alpha value is -0.330. The fourth-order valence-electron chi connectivity index (χ4n) is 1.84. The van der Waals surface area contributed by atoms with Gasteiger partial charge in [0.2, 0.25) is 0 Å². The highest BCUT2D eigenvalue weighted by Crippen LogP contribution is 2.40. The summed E-state index contributed by atoms with van der Waals surface area (Å²) in [6.07, 6.45) is 4.02. The van der Waals surface area contributed by atoms with Crippen molar-refractivity contribution in [2.45, 2.75) is 59.4 Å². The molecule has 0 amide bonds. The normalized spacial score (nSPS) is 31.0. The molecule has 1 saturated carbocycles. The molecule has 0 spiro atoms. The van der Waals surface area contributed by atoms with E-state index in [0.29, 0.717) is 0 Å². The molecule has 1 heteroatoms. The van der Waals surface area contributed by atoms with Crippen LogP contribution in [-0.2, 0) is 0 Å². The molecule has 13 heavy (non-hydrogen) atoms. The zero-order valence-electron chi connectivity index (χ0n) is 9.72. The first-order valence-corrected chi connectivity index (χ1v) is 5.55. The first-order chi connectivity index (χ1) is 5.95. The molecule has 76 valence electrons. The van der Waals surface area contributed by atoms with Gasteiger partial charge < -0.3 is 0 Å². The lowest BCUT2D eigenvalue weighted by molar-refractivity contribution is 0.583. The third kappa shape index (κ3) is 3.13. The maximum atomic E-state index is 4.75. The third-order valence-corrected chi connectivity index (χ3v) is 2.67. The Bertz CT molecular complexity index is 198. The molecule has 0 bridgehead atoms. The van der Waals surface area contributed by atoms with Crippen LogP contribution in [0.2, 0.25) is 0 Å². The van der Waals surface area contributed by atoms with Crippen LogP contribution in [0.1, 0.15) is 53.9 Å². The van der Waals surface area contributed by atoms with Gasteiger partial charge in [-0.25, -0.2) is 0 Å². The van der Waals surface area contributed by atoms with Crippen molar-refractivity contribution in [3.63, 3.8) is 0 Å². The number of nitrogens with zero attached hydrogens (tertiary/aromatic N) is 1. The van der Waals surface area contributed by atoms with E-state index in [0.717, 1.165) is 11.8 Å². The standard InChI is InChI=1S/C12H23N/c1-6-7-8-10-9(2)11(10)13-12(3,4)5/h9-10H,6-8H2,1-5H3. The van der Waals surface area contributed by atoms with Gasteiger partial charge in [0.25, 0.3) is 0 Å². The summed E-state index contributed by atoms with van der Waals surface area (Å²) in [4.78, 5) is 4.75. The average Bonchev–Trinajstić information content (AvgIpc) is 2.55. The number of rotatable bonds is 3. The van der Waals surface area contributed by atoms with Gasteiger partial charge in [-0.2, -0.15) is 0 Å². The molecule has 0 N–H and O–H groups in total. The first kappa shape index (κ1) is 10.7. The van der Waals surface area contributed by atoms with Crippen molar-refractivity contribution in [2.24, 2.45) is 16.8 Å². The van der Waals surface area contributed by atoms with E-state index in [4.69, 9.17) is 4.99 Å². The minimum atomic E-state index is 0.130. The summed E-state index contributed by atoms with van der Waals surface area (Å²) in [6, 6.07) is 0. The van der Waals surface area contributed by atoms with E-state index in [1.807, 2.05) is 0 Å². The largest absolute Gasteiger partial charge is 0.288 e. The van der Waals surface area contributed by atoms with Crippen LogP contribution in [-0.4, -0.2) is 11.3 Å². The van der Waals surface area contributed by atoms with Crippen molar-refractivity contribution in [1.82, 2.24) is 0 Å². The molecule has 1 fully saturated rings. The maximum Gasteiger partial charge on any atom is 0.0523 e. The van der Waals surface area contributed by atoms with Gasteiger partial charge in [0, 0.05) is 17.5 Å². The minimum Gasteiger partial charge on any atom is -0.288 e. The zero-order valence-corrected chi connectivity index (χ0v) is 9.72. The van der Waals surface area contributed by atoms with Gasteiger partial charge in [-0.1, -0.05) is 26.7 Å². The second-order valence-electron chi connectivity index (χ2n) is 5.24. The topological polar surface area (TPSA) is 12.4 Å². The smallest absolute Gasteiger partial charge is 0.0523 e. The van der Waals surface area contributed by atoms with E-state index in [9.17, 15) is 0 Å². The number of aliphatic imine (C=N–C) groups is 1.